The zero-order chi connectivity index (χ0) is 14.7. The monoisotopic (exact) mass is 287 g/mol. The van der Waals surface area contributed by atoms with Crippen LogP contribution in [0.1, 0.15) is 22.2 Å². The van der Waals surface area contributed by atoms with Crippen molar-refractivity contribution in [2.45, 2.75) is 6.04 Å². The number of methoxy groups -OCH3 is 1. The number of amides is 1. The van der Waals surface area contributed by atoms with Crippen LogP contribution in [0.2, 0.25) is 0 Å². The van der Waals surface area contributed by atoms with E-state index in [9.17, 15) is 4.79 Å². The normalized spacial score (nSPS) is 18.5. The number of hydrogen-bond donors (Lipinski definition) is 1. The summed E-state index contributed by atoms with van der Waals surface area (Å²) < 4.78 is 10.6. The van der Waals surface area contributed by atoms with Crippen LogP contribution in [0.3, 0.4) is 0 Å². The highest BCUT2D eigenvalue weighted by atomic mass is 16.5. The number of hydrogen-bond acceptors (Lipinski definition) is 5. The van der Waals surface area contributed by atoms with E-state index in [1.54, 1.807) is 12.0 Å². The van der Waals surface area contributed by atoms with Crippen LogP contribution in [-0.4, -0.2) is 42.5 Å². The van der Waals surface area contributed by atoms with Crippen LogP contribution in [0, 0.1) is 0 Å². The third-order valence-electron chi connectivity index (χ3n) is 3.65. The molecule has 0 radical (unpaired) electrons. The summed E-state index contributed by atoms with van der Waals surface area (Å²) in [6.07, 6.45) is 2.72. The fraction of sp³-hybridized carbons (Fsp3) is 0.333. The molecule has 1 aliphatic rings. The first kappa shape index (κ1) is 13.6. The smallest absolute Gasteiger partial charge is 0.291 e. The van der Waals surface area contributed by atoms with Crippen LogP contribution >= 0.6 is 0 Å². The molecule has 6 nitrogen and oxygen atoms in total. The molecule has 110 valence electrons. The molecule has 21 heavy (non-hydrogen) atoms. The third-order valence-corrected chi connectivity index (χ3v) is 3.65. The maximum absolute atomic E-state index is 12.6. The fourth-order valence-electron chi connectivity index (χ4n) is 2.63. The molecule has 1 fully saturated rings. The van der Waals surface area contributed by atoms with Gasteiger partial charge in [-0.05, 0) is 6.07 Å². The van der Waals surface area contributed by atoms with Crippen molar-refractivity contribution in [3.8, 4) is 5.75 Å². The molecule has 0 unspecified atom stereocenters. The number of piperazine rings is 1. The molecule has 1 amide bonds. The summed E-state index contributed by atoms with van der Waals surface area (Å²) in [5.41, 5.74) is 0.986. The molecule has 2 heterocycles. The van der Waals surface area contributed by atoms with Crippen LogP contribution < -0.4 is 10.1 Å². The Morgan fingerprint density at radius 1 is 1.48 bits per heavy atom. The van der Waals surface area contributed by atoms with Gasteiger partial charge in [0.2, 0.25) is 5.76 Å². The average Bonchev–Trinajstić information content (AvgIpc) is 3.08. The molecule has 1 aromatic heterocycles. The molecule has 0 bridgehead atoms. The van der Waals surface area contributed by atoms with Gasteiger partial charge in [0.25, 0.3) is 5.91 Å². The van der Waals surface area contributed by atoms with Gasteiger partial charge in [-0.2, -0.15) is 0 Å². The largest absolute Gasteiger partial charge is 0.496 e. The summed E-state index contributed by atoms with van der Waals surface area (Å²) in [5.74, 6) is 0.892. The van der Waals surface area contributed by atoms with Crippen molar-refractivity contribution in [1.82, 2.24) is 15.2 Å². The Kier molecular flexibility index (Phi) is 3.87. The molecule has 1 aromatic carbocycles. The van der Waals surface area contributed by atoms with Gasteiger partial charge in [-0.15, -0.1) is 0 Å². The van der Waals surface area contributed by atoms with Crippen molar-refractivity contribution in [2.24, 2.45) is 0 Å². The van der Waals surface area contributed by atoms with Gasteiger partial charge in [-0.3, -0.25) is 4.79 Å². The lowest BCUT2D eigenvalue weighted by Gasteiger charge is -2.36. The standard InChI is InChI=1S/C15H17N3O3/c1-20-13-5-3-2-4-11(13)12-8-16-6-7-18(12)15(19)14-9-17-10-21-14/h2-5,9-10,12,16H,6-8H2,1H3/t12-/m1/s1. The molecule has 3 rings (SSSR count). The molecule has 1 N–H and O–H groups in total. The van der Waals surface area contributed by atoms with Gasteiger partial charge in [-0.1, -0.05) is 18.2 Å². The van der Waals surface area contributed by atoms with E-state index >= 15 is 0 Å². The van der Waals surface area contributed by atoms with Crippen LogP contribution in [0.15, 0.2) is 41.3 Å². The summed E-state index contributed by atoms with van der Waals surface area (Å²) in [5, 5.41) is 3.32. The van der Waals surface area contributed by atoms with Gasteiger partial charge in [0.15, 0.2) is 6.39 Å². The van der Waals surface area contributed by atoms with Crippen molar-refractivity contribution in [3.63, 3.8) is 0 Å². The predicted octanol–water partition coefficient (Wildman–Crippen LogP) is 1.47. The first-order valence-corrected chi connectivity index (χ1v) is 6.84. The number of ether oxygens (including phenoxy) is 1. The zero-order valence-corrected chi connectivity index (χ0v) is 11.8. The summed E-state index contributed by atoms with van der Waals surface area (Å²) >= 11 is 0. The Morgan fingerprint density at radius 3 is 3.10 bits per heavy atom. The predicted molar refractivity (Wildman–Crippen MR) is 76.1 cm³/mol. The highest BCUT2D eigenvalue weighted by Gasteiger charge is 2.31. The van der Waals surface area contributed by atoms with E-state index in [0.717, 1.165) is 17.9 Å². The number of carbonyl (C=O) groups excluding carboxylic acids is 1. The maximum Gasteiger partial charge on any atom is 0.291 e. The van der Waals surface area contributed by atoms with Crippen LogP contribution in [0.4, 0.5) is 0 Å². The van der Waals surface area contributed by atoms with Crippen LogP contribution in [0.25, 0.3) is 0 Å². The number of carbonyl (C=O) groups is 1. The summed E-state index contributed by atoms with van der Waals surface area (Å²) in [6.45, 7) is 2.05. The highest BCUT2D eigenvalue weighted by molar-refractivity contribution is 5.91. The molecular weight excluding hydrogens is 270 g/mol. The van der Waals surface area contributed by atoms with E-state index in [1.165, 1.54) is 12.6 Å². The Morgan fingerprint density at radius 2 is 2.33 bits per heavy atom. The van der Waals surface area contributed by atoms with Gasteiger partial charge in [0.05, 0.1) is 19.3 Å². The van der Waals surface area contributed by atoms with Crippen molar-refractivity contribution in [3.05, 3.63) is 48.2 Å². The topological polar surface area (TPSA) is 67.6 Å². The average molecular weight is 287 g/mol. The Labute approximate surface area is 122 Å². The van der Waals surface area contributed by atoms with Crippen LogP contribution in [0.5, 0.6) is 5.75 Å². The molecular formula is C15H17N3O3. The van der Waals surface area contributed by atoms with Gasteiger partial charge < -0.3 is 19.4 Å². The van der Waals surface area contributed by atoms with E-state index in [2.05, 4.69) is 10.3 Å². The van der Waals surface area contributed by atoms with Gasteiger partial charge in [0, 0.05) is 25.2 Å². The first-order valence-electron chi connectivity index (χ1n) is 6.84. The fourth-order valence-corrected chi connectivity index (χ4v) is 2.63. The number of oxazole rings is 1. The van der Waals surface area contributed by atoms with Crippen LogP contribution in [-0.2, 0) is 0 Å². The molecule has 1 atom stereocenters. The van der Waals surface area contributed by atoms with E-state index in [1.807, 2.05) is 24.3 Å². The number of nitrogens with zero attached hydrogens (tertiary/aromatic N) is 2. The zero-order valence-electron chi connectivity index (χ0n) is 11.8. The lowest BCUT2D eigenvalue weighted by atomic mass is 10.0. The van der Waals surface area contributed by atoms with E-state index in [4.69, 9.17) is 9.15 Å². The molecule has 1 aliphatic heterocycles. The second-order valence-corrected chi connectivity index (χ2v) is 4.83. The minimum atomic E-state index is -0.148. The van der Waals surface area contributed by atoms with E-state index < -0.39 is 0 Å². The second-order valence-electron chi connectivity index (χ2n) is 4.83. The molecule has 1 saturated heterocycles. The Hall–Kier alpha value is -2.34. The van der Waals surface area contributed by atoms with Crippen molar-refractivity contribution in [1.29, 1.82) is 0 Å². The Bertz CT molecular complexity index is 612. The summed E-state index contributed by atoms with van der Waals surface area (Å²) in [7, 11) is 1.64. The molecule has 0 aliphatic carbocycles. The lowest BCUT2D eigenvalue weighted by Crippen LogP contribution is -2.48. The number of para-hydroxylation sites is 1. The number of nitrogens with one attached hydrogen (secondary N) is 1. The SMILES string of the molecule is COc1ccccc1[C@H]1CNCCN1C(=O)c1cnco1. The number of benzene rings is 1. The second kappa shape index (κ2) is 5.97. The molecule has 6 heteroatoms. The highest BCUT2D eigenvalue weighted by Crippen LogP contribution is 2.31. The summed E-state index contributed by atoms with van der Waals surface area (Å²) in [6, 6.07) is 7.66. The van der Waals surface area contributed by atoms with Crippen molar-refractivity contribution >= 4 is 5.91 Å². The quantitative estimate of drug-likeness (QED) is 0.926. The Balaban J connectivity index is 1.93. The minimum Gasteiger partial charge on any atom is -0.496 e. The van der Waals surface area contributed by atoms with Crippen molar-refractivity contribution in [2.75, 3.05) is 26.7 Å². The molecule has 0 spiro atoms. The molecule has 2 aromatic rings. The molecule has 0 saturated carbocycles. The number of rotatable bonds is 3. The summed E-state index contributed by atoms with van der Waals surface area (Å²) in [4.78, 5) is 18.2. The van der Waals surface area contributed by atoms with Gasteiger partial charge in [-0.25, -0.2) is 4.98 Å². The third kappa shape index (κ3) is 2.62. The van der Waals surface area contributed by atoms with Crippen molar-refractivity contribution < 1.29 is 13.9 Å². The number of aromatic nitrogens is 1. The van der Waals surface area contributed by atoms with Gasteiger partial charge >= 0.3 is 0 Å². The van der Waals surface area contributed by atoms with Gasteiger partial charge in [0.1, 0.15) is 5.75 Å². The van der Waals surface area contributed by atoms with E-state index in [-0.39, 0.29) is 17.7 Å². The minimum absolute atomic E-state index is 0.0903. The first-order chi connectivity index (χ1) is 10.3. The maximum atomic E-state index is 12.6. The van der Waals surface area contributed by atoms with E-state index in [0.29, 0.717) is 13.1 Å². The lowest BCUT2D eigenvalue weighted by molar-refractivity contribution is 0.0599.